The molecule has 102 valence electrons. The van der Waals surface area contributed by atoms with Crippen molar-refractivity contribution in [2.75, 3.05) is 0 Å². The van der Waals surface area contributed by atoms with Crippen molar-refractivity contribution in [3.05, 3.63) is 23.6 Å². The number of nitrogens with one attached hydrogen (secondary N) is 1. The maximum absolute atomic E-state index is 5.51. The van der Waals surface area contributed by atoms with Crippen molar-refractivity contribution in [1.82, 2.24) is 25.1 Å². The summed E-state index contributed by atoms with van der Waals surface area (Å²) in [6, 6.07) is 1.18. The molecule has 1 aliphatic rings. The van der Waals surface area contributed by atoms with Crippen LogP contribution in [0.4, 0.5) is 0 Å². The molecule has 6 heteroatoms. The third-order valence-electron chi connectivity index (χ3n) is 3.22. The van der Waals surface area contributed by atoms with Gasteiger partial charge in [-0.3, -0.25) is 0 Å². The fourth-order valence-electron chi connectivity index (χ4n) is 1.93. The van der Waals surface area contributed by atoms with Crippen molar-refractivity contribution in [2.24, 2.45) is 0 Å². The van der Waals surface area contributed by atoms with Crippen LogP contribution in [-0.2, 0) is 19.4 Å². The van der Waals surface area contributed by atoms with Gasteiger partial charge in [-0.25, -0.2) is 4.98 Å². The SMILES string of the molecule is CCc1nc(CC)n(-c2nc(CNC3CC3)co2)n1. The second-order valence-corrected chi connectivity index (χ2v) is 4.84. The molecule has 0 aliphatic heterocycles. The van der Waals surface area contributed by atoms with E-state index in [9.17, 15) is 0 Å². The molecular formula is C13H19N5O. The van der Waals surface area contributed by atoms with E-state index in [-0.39, 0.29) is 0 Å². The fourth-order valence-corrected chi connectivity index (χ4v) is 1.93. The Morgan fingerprint density at radius 2 is 2.16 bits per heavy atom. The van der Waals surface area contributed by atoms with Gasteiger partial charge in [0.25, 0.3) is 0 Å². The van der Waals surface area contributed by atoms with Gasteiger partial charge < -0.3 is 9.73 Å². The Hall–Kier alpha value is -1.69. The Balaban J connectivity index is 1.78. The van der Waals surface area contributed by atoms with Crippen LogP contribution in [0.3, 0.4) is 0 Å². The predicted octanol–water partition coefficient (Wildman–Crippen LogP) is 1.63. The maximum atomic E-state index is 5.51. The standard InChI is InChI=1S/C13H19N5O/c1-3-11-16-12(4-2)18(17-11)13-15-10(8-19-13)7-14-9-5-6-9/h8-9,14H,3-7H2,1-2H3. The van der Waals surface area contributed by atoms with E-state index in [1.54, 1.807) is 10.9 Å². The minimum atomic E-state index is 0.511. The summed E-state index contributed by atoms with van der Waals surface area (Å²) in [5.74, 6) is 1.72. The number of hydrogen-bond acceptors (Lipinski definition) is 5. The van der Waals surface area contributed by atoms with Crippen LogP contribution in [0, 0.1) is 0 Å². The summed E-state index contributed by atoms with van der Waals surface area (Å²) in [4.78, 5) is 8.92. The van der Waals surface area contributed by atoms with Gasteiger partial charge in [-0.1, -0.05) is 13.8 Å². The molecule has 2 heterocycles. The second-order valence-electron chi connectivity index (χ2n) is 4.84. The highest BCUT2D eigenvalue weighted by Crippen LogP contribution is 2.19. The summed E-state index contributed by atoms with van der Waals surface area (Å²) in [6.45, 7) is 4.85. The lowest BCUT2D eigenvalue weighted by Crippen LogP contribution is -2.15. The highest BCUT2D eigenvalue weighted by Gasteiger charge is 2.21. The number of oxazole rings is 1. The summed E-state index contributed by atoms with van der Waals surface area (Å²) >= 11 is 0. The molecule has 0 radical (unpaired) electrons. The van der Waals surface area contributed by atoms with Crippen molar-refractivity contribution >= 4 is 0 Å². The average Bonchev–Trinajstić information content (AvgIpc) is 3.00. The zero-order valence-electron chi connectivity index (χ0n) is 11.4. The van der Waals surface area contributed by atoms with Gasteiger partial charge in [0, 0.05) is 25.4 Å². The topological polar surface area (TPSA) is 68.8 Å². The van der Waals surface area contributed by atoms with Gasteiger partial charge >= 0.3 is 6.01 Å². The molecule has 2 aromatic rings. The summed E-state index contributed by atoms with van der Waals surface area (Å²) in [6.07, 6.45) is 5.86. The number of aromatic nitrogens is 4. The predicted molar refractivity (Wildman–Crippen MR) is 70.0 cm³/mol. The Labute approximate surface area is 112 Å². The van der Waals surface area contributed by atoms with Crippen molar-refractivity contribution in [2.45, 2.75) is 52.1 Å². The molecule has 0 atom stereocenters. The lowest BCUT2D eigenvalue weighted by Gasteiger charge is -1.98. The van der Waals surface area contributed by atoms with E-state index in [1.807, 2.05) is 6.92 Å². The van der Waals surface area contributed by atoms with E-state index >= 15 is 0 Å². The van der Waals surface area contributed by atoms with E-state index in [4.69, 9.17) is 4.42 Å². The minimum absolute atomic E-state index is 0.511. The Bertz CT molecular complexity index is 555. The molecule has 0 spiro atoms. The lowest BCUT2D eigenvalue weighted by molar-refractivity contribution is 0.500. The van der Waals surface area contributed by atoms with Gasteiger partial charge in [-0.15, -0.1) is 5.10 Å². The van der Waals surface area contributed by atoms with Crippen LogP contribution in [-0.4, -0.2) is 25.8 Å². The molecule has 19 heavy (non-hydrogen) atoms. The first-order valence-corrected chi connectivity index (χ1v) is 6.93. The van der Waals surface area contributed by atoms with E-state index < -0.39 is 0 Å². The van der Waals surface area contributed by atoms with Crippen LogP contribution in [0.1, 0.15) is 44.0 Å². The first kappa shape index (κ1) is 12.3. The molecule has 1 aliphatic carbocycles. The van der Waals surface area contributed by atoms with Crippen LogP contribution < -0.4 is 5.32 Å². The smallest absolute Gasteiger partial charge is 0.324 e. The third-order valence-corrected chi connectivity index (χ3v) is 3.22. The monoisotopic (exact) mass is 261 g/mol. The number of aryl methyl sites for hydroxylation is 2. The first-order chi connectivity index (χ1) is 9.30. The lowest BCUT2D eigenvalue weighted by atomic mass is 10.4. The van der Waals surface area contributed by atoms with E-state index in [2.05, 4.69) is 27.3 Å². The molecule has 1 saturated carbocycles. The van der Waals surface area contributed by atoms with E-state index in [0.717, 1.165) is 36.7 Å². The zero-order valence-corrected chi connectivity index (χ0v) is 11.4. The van der Waals surface area contributed by atoms with E-state index in [0.29, 0.717) is 12.1 Å². The Morgan fingerprint density at radius 3 is 2.84 bits per heavy atom. The molecule has 0 aromatic carbocycles. The van der Waals surface area contributed by atoms with Crippen molar-refractivity contribution in [1.29, 1.82) is 0 Å². The Morgan fingerprint density at radius 1 is 1.32 bits per heavy atom. The summed E-state index contributed by atoms with van der Waals surface area (Å²) in [7, 11) is 0. The molecule has 1 fully saturated rings. The molecule has 0 unspecified atom stereocenters. The molecular weight excluding hydrogens is 242 g/mol. The number of hydrogen-bond donors (Lipinski definition) is 1. The van der Waals surface area contributed by atoms with Gasteiger partial charge in [-0.05, 0) is 12.8 Å². The molecule has 0 saturated heterocycles. The highest BCUT2D eigenvalue weighted by atomic mass is 16.4. The minimum Gasteiger partial charge on any atom is -0.430 e. The fraction of sp³-hybridized carbons (Fsp3) is 0.615. The molecule has 0 amide bonds. The van der Waals surface area contributed by atoms with E-state index in [1.165, 1.54) is 12.8 Å². The molecule has 0 bridgehead atoms. The number of nitrogens with zero attached hydrogens (tertiary/aromatic N) is 4. The van der Waals surface area contributed by atoms with Crippen molar-refractivity contribution < 1.29 is 4.42 Å². The van der Waals surface area contributed by atoms with Gasteiger partial charge in [0.2, 0.25) is 0 Å². The average molecular weight is 261 g/mol. The van der Waals surface area contributed by atoms with Gasteiger partial charge in [0.05, 0.1) is 5.69 Å². The largest absolute Gasteiger partial charge is 0.430 e. The van der Waals surface area contributed by atoms with Gasteiger partial charge in [-0.2, -0.15) is 9.67 Å². The van der Waals surface area contributed by atoms with Crippen LogP contribution in [0.5, 0.6) is 0 Å². The third kappa shape index (κ3) is 2.68. The Kier molecular flexibility index (Phi) is 3.33. The molecule has 6 nitrogen and oxygen atoms in total. The quantitative estimate of drug-likeness (QED) is 0.856. The van der Waals surface area contributed by atoms with Crippen LogP contribution in [0.25, 0.3) is 6.01 Å². The zero-order chi connectivity index (χ0) is 13.2. The van der Waals surface area contributed by atoms with Gasteiger partial charge in [0.1, 0.15) is 12.1 Å². The first-order valence-electron chi connectivity index (χ1n) is 6.93. The second kappa shape index (κ2) is 5.13. The number of rotatable bonds is 6. The molecule has 2 aromatic heterocycles. The normalized spacial score (nSPS) is 15.1. The summed E-state index contributed by atoms with van der Waals surface area (Å²) in [5, 5.41) is 7.83. The summed E-state index contributed by atoms with van der Waals surface area (Å²) in [5.41, 5.74) is 0.914. The highest BCUT2D eigenvalue weighted by molar-refractivity contribution is 5.12. The van der Waals surface area contributed by atoms with Crippen LogP contribution in [0.15, 0.2) is 10.7 Å². The van der Waals surface area contributed by atoms with Crippen LogP contribution >= 0.6 is 0 Å². The van der Waals surface area contributed by atoms with Crippen molar-refractivity contribution in [3.8, 4) is 6.01 Å². The van der Waals surface area contributed by atoms with Crippen molar-refractivity contribution in [3.63, 3.8) is 0 Å². The van der Waals surface area contributed by atoms with Gasteiger partial charge in [0.15, 0.2) is 5.82 Å². The molecule has 3 rings (SSSR count). The maximum Gasteiger partial charge on any atom is 0.324 e. The summed E-state index contributed by atoms with van der Waals surface area (Å²) < 4.78 is 7.22. The van der Waals surface area contributed by atoms with Crippen LogP contribution in [0.2, 0.25) is 0 Å². The molecule has 1 N–H and O–H groups in total.